The smallest absolute Gasteiger partial charge is 0.324 e. The second kappa shape index (κ2) is 5.86. The molecule has 1 N–H and O–H groups in total. The van der Waals surface area contributed by atoms with E-state index >= 15 is 0 Å². The minimum absolute atomic E-state index is 0.0445. The van der Waals surface area contributed by atoms with E-state index in [0.717, 1.165) is 12.8 Å². The first-order chi connectivity index (χ1) is 7.74. The van der Waals surface area contributed by atoms with E-state index in [1.807, 2.05) is 0 Å². The molecule has 0 bridgehead atoms. The average Bonchev–Trinajstić information content (AvgIpc) is 2.15. The van der Waals surface area contributed by atoms with Crippen LogP contribution < -0.4 is 0 Å². The Kier molecular flexibility index (Phi) is 5.24. The Balaban J connectivity index is 2.73. The maximum absolute atomic E-state index is 12.0. The summed E-state index contributed by atoms with van der Waals surface area (Å²) in [6.45, 7) is 10.0. The van der Waals surface area contributed by atoms with Crippen LogP contribution in [-0.4, -0.2) is 16.7 Å². The maximum Gasteiger partial charge on any atom is 0.330 e. The zero-order valence-electron chi connectivity index (χ0n) is 11.7. The highest BCUT2D eigenvalue weighted by molar-refractivity contribution is 7.53. The van der Waals surface area contributed by atoms with E-state index in [0.29, 0.717) is 17.8 Å². The van der Waals surface area contributed by atoms with Crippen molar-refractivity contribution >= 4 is 7.60 Å². The molecule has 0 aromatic heterocycles. The van der Waals surface area contributed by atoms with Crippen LogP contribution in [0.15, 0.2) is 0 Å². The lowest BCUT2D eigenvalue weighted by Crippen LogP contribution is -2.34. The topological polar surface area (TPSA) is 46.5 Å². The first-order valence-corrected chi connectivity index (χ1v) is 8.39. The second-order valence-electron chi connectivity index (χ2n) is 6.13. The SMILES string of the molecule is CC1CCC(C(C)C)C(OP(=O)(O)C(C)C)C1. The molecule has 4 atom stereocenters. The summed E-state index contributed by atoms with van der Waals surface area (Å²) in [5.41, 5.74) is -0.312. The van der Waals surface area contributed by atoms with Crippen molar-refractivity contribution < 1.29 is 14.0 Å². The van der Waals surface area contributed by atoms with Crippen LogP contribution in [-0.2, 0) is 9.09 Å². The van der Waals surface area contributed by atoms with Gasteiger partial charge in [-0.25, -0.2) is 0 Å². The summed E-state index contributed by atoms with van der Waals surface area (Å²) in [5, 5.41) is 0. The van der Waals surface area contributed by atoms with E-state index in [1.165, 1.54) is 6.42 Å². The van der Waals surface area contributed by atoms with E-state index < -0.39 is 7.60 Å². The van der Waals surface area contributed by atoms with Crippen LogP contribution in [0.2, 0.25) is 0 Å². The summed E-state index contributed by atoms with van der Waals surface area (Å²) in [6.07, 6.45) is 3.19. The van der Waals surface area contributed by atoms with Gasteiger partial charge in [0.2, 0.25) is 0 Å². The third-order valence-electron chi connectivity index (χ3n) is 3.90. The van der Waals surface area contributed by atoms with E-state index in [9.17, 15) is 9.46 Å². The second-order valence-corrected chi connectivity index (χ2v) is 8.50. The molecule has 1 aliphatic rings. The Bertz CT molecular complexity index is 288. The quantitative estimate of drug-likeness (QED) is 0.777. The summed E-state index contributed by atoms with van der Waals surface area (Å²) < 4.78 is 17.6. The van der Waals surface area contributed by atoms with Gasteiger partial charge in [0.25, 0.3) is 0 Å². The van der Waals surface area contributed by atoms with Crippen LogP contribution in [0, 0.1) is 17.8 Å². The molecular formula is C13H27O3P. The lowest BCUT2D eigenvalue weighted by Gasteiger charge is -2.38. The molecule has 102 valence electrons. The molecule has 17 heavy (non-hydrogen) atoms. The van der Waals surface area contributed by atoms with Crippen LogP contribution in [0.5, 0.6) is 0 Å². The van der Waals surface area contributed by atoms with Gasteiger partial charge in [-0.3, -0.25) is 4.57 Å². The van der Waals surface area contributed by atoms with Gasteiger partial charge in [-0.15, -0.1) is 0 Å². The van der Waals surface area contributed by atoms with Gasteiger partial charge in [0.15, 0.2) is 0 Å². The molecule has 0 spiro atoms. The molecule has 0 aromatic rings. The molecule has 0 aromatic carbocycles. The van der Waals surface area contributed by atoms with Crippen molar-refractivity contribution in [3.05, 3.63) is 0 Å². The zero-order chi connectivity index (χ0) is 13.2. The molecule has 1 saturated carbocycles. The van der Waals surface area contributed by atoms with E-state index in [2.05, 4.69) is 20.8 Å². The van der Waals surface area contributed by atoms with Gasteiger partial charge < -0.3 is 9.42 Å². The van der Waals surface area contributed by atoms with Crippen LogP contribution in [0.1, 0.15) is 53.9 Å². The largest absolute Gasteiger partial charge is 0.330 e. The lowest BCUT2D eigenvalue weighted by molar-refractivity contribution is 0.0365. The van der Waals surface area contributed by atoms with Crippen LogP contribution in [0.3, 0.4) is 0 Å². The fraction of sp³-hybridized carbons (Fsp3) is 1.00. The van der Waals surface area contributed by atoms with E-state index in [1.54, 1.807) is 13.8 Å². The summed E-state index contributed by atoms with van der Waals surface area (Å²) in [7, 11) is -3.44. The molecule has 4 unspecified atom stereocenters. The van der Waals surface area contributed by atoms with Gasteiger partial charge in [-0.05, 0) is 30.6 Å². The van der Waals surface area contributed by atoms with Crippen molar-refractivity contribution in [3.63, 3.8) is 0 Å². The van der Waals surface area contributed by atoms with E-state index in [-0.39, 0.29) is 11.8 Å². The molecule has 0 heterocycles. The third-order valence-corrected chi connectivity index (χ3v) is 5.78. The van der Waals surface area contributed by atoms with Crippen molar-refractivity contribution in [2.45, 2.75) is 65.6 Å². The van der Waals surface area contributed by atoms with Gasteiger partial charge >= 0.3 is 7.60 Å². The van der Waals surface area contributed by atoms with Crippen molar-refractivity contribution in [3.8, 4) is 0 Å². The molecule has 0 radical (unpaired) electrons. The normalized spacial score (nSPS) is 34.0. The third kappa shape index (κ3) is 4.08. The summed E-state index contributed by atoms with van der Waals surface area (Å²) in [6, 6.07) is 0. The molecule has 1 aliphatic carbocycles. The molecule has 4 heteroatoms. The summed E-state index contributed by atoms with van der Waals surface area (Å²) >= 11 is 0. The Labute approximate surface area is 105 Å². The predicted octanol–water partition coefficient (Wildman–Crippen LogP) is 4.06. The van der Waals surface area contributed by atoms with E-state index in [4.69, 9.17) is 4.52 Å². The molecule has 1 fully saturated rings. The number of rotatable bonds is 4. The molecule has 0 saturated heterocycles. The van der Waals surface area contributed by atoms with Crippen molar-refractivity contribution in [1.82, 2.24) is 0 Å². The maximum atomic E-state index is 12.0. The Hall–Kier alpha value is 0.150. The van der Waals surface area contributed by atoms with Crippen molar-refractivity contribution in [2.24, 2.45) is 17.8 Å². The fourth-order valence-corrected chi connectivity index (χ4v) is 3.43. The Morgan fingerprint density at radius 3 is 2.29 bits per heavy atom. The Morgan fingerprint density at radius 1 is 1.24 bits per heavy atom. The summed E-state index contributed by atoms with van der Waals surface area (Å²) in [5.74, 6) is 1.53. The average molecular weight is 262 g/mol. The van der Waals surface area contributed by atoms with Crippen LogP contribution >= 0.6 is 7.60 Å². The van der Waals surface area contributed by atoms with Gasteiger partial charge in [0, 0.05) is 0 Å². The standard InChI is InChI=1S/C13H27O3P/c1-9(2)12-7-6-11(5)8-13(12)16-17(14,15)10(3)4/h9-13H,6-8H2,1-5H3,(H,14,15). The highest BCUT2D eigenvalue weighted by atomic mass is 31.2. The monoisotopic (exact) mass is 262 g/mol. The summed E-state index contributed by atoms with van der Waals surface area (Å²) in [4.78, 5) is 9.86. The Morgan fingerprint density at radius 2 is 1.82 bits per heavy atom. The zero-order valence-corrected chi connectivity index (χ0v) is 12.6. The van der Waals surface area contributed by atoms with Crippen LogP contribution in [0.4, 0.5) is 0 Å². The minimum atomic E-state index is -3.44. The molecule has 3 nitrogen and oxygen atoms in total. The molecule has 1 rings (SSSR count). The fourth-order valence-electron chi connectivity index (χ4n) is 2.55. The van der Waals surface area contributed by atoms with Gasteiger partial charge in [-0.2, -0.15) is 0 Å². The highest BCUT2D eigenvalue weighted by Crippen LogP contribution is 2.51. The van der Waals surface area contributed by atoms with Crippen LogP contribution in [0.25, 0.3) is 0 Å². The first-order valence-electron chi connectivity index (χ1n) is 6.75. The number of hydrogen-bond acceptors (Lipinski definition) is 2. The van der Waals surface area contributed by atoms with Gasteiger partial charge in [-0.1, -0.05) is 41.0 Å². The van der Waals surface area contributed by atoms with Gasteiger partial charge in [0.05, 0.1) is 11.8 Å². The molecular weight excluding hydrogens is 235 g/mol. The first kappa shape index (κ1) is 15.2. The van der Waals surface area contributed by atoms with Crippen molar-refractivity contribution in [2.75, 3.05) is 0 Å². The number of hydrogen-bond donors (Lipinski definition) is 1. The van der Waals surface area contributed by atoms with Crippen molar-refractivity contribution in [1.29, 1.82) is 0 Å². The predicted molar refractivity (Wildman–Crippen MR) is 71.2 cm³/mol. The molecule has 0 amide bonds. The lowest BCUT2D eigenvalue weighted by atomic mass is 9.75. The highest BCUT2D eigenvalue weighted by Gasteiger charge is 2.37. The minimum Gasteiger partial charge on any atom is -0.324 e. The van der Waals surface area contributed by atoms with Gasteiger partial charge in [0.1, 0.15) is 0 Å². The molecule has 0 aliphatic heterocycles.